The molecule has 0 atom stereocenters. The van der Waals surface area contributed by atoms with E-state index in [1.807, 2.05) is 6.92 Å². The van der Waals surface area contributed by atoms with Gasteiger partial charge in [-0.1, -0.05) is 13.0 Å². The van der Waals surface area contributed by atoms with Crippen LogP contribution < -0.4 is 14.8 Å². The van der Waals surface area contributed by atoms with Gasteiger partial charge in [0.15, 0.2) is 5.82 Å². The molecule has 0 bridgehead atoms. The molecule has 1 heterocycles. The molecule has 0 aliphatic heterocycles. The molecule has 0 aliphatic carbocycles. The van der Waals surface area contributed by atoms with Crippen molar-refractivity contribution in [1.82, 2.24) is 9.97 Å². The highest BCUT2D eigenvalue weighted by Crippen LogP contribution is 2.34. The van der Waals surface area contributed by atoms with Gasteiger partial charge in [-0.15, -0.1) is 0 Å². The van der Waals surface area contributed by atoms with Gasteiger partial charge >= 0.3 is 0 Å². The number of methoxy groups -OCH3 is 1. The van der Waals surface area contributed by atoms with Crippen LogP contribution in [-0.2, 0) is 0 Å². The second-order valence-corrected chi connectivity index (χ2v) is 4.50. The summed E-state index contributed by atoms with van der Waals surface area (Å²) in [4.78, 5) is 8.16. The minimum Gasteiger partial charge on any atom is -0.489 e. The molecule has 0 saturated heterocycles. The Bertz CT molecular complexity index is 620. The van der Waals surface area contributed by atoms with Crippen LogP contribution in [-0.4, -0.2) is 23.6 Å². The number of anilines is 1. The van der Waals surface area contributed by atoms with Crippen molar-refractivity contribution < 1.29 is 13.9 Å². The molecule has 6 heteroatoms. The molecule has 0 saturated carbocycles. The van der Waals surface area contributed by atoms with Crippen molar-refractivity contribution in [2.45, 2.75) is 20.3 Å². The first-order valence-electron chi connectivity index (χ1n) is 6.72. The van der Waals surface area contributed by atoms with Crippen molar-refractivity contribution in [3.63, 3.8) is 0 Å². The lowest BCUT2D eigenvalue weighted by molar-refractivity contribution is 0.368. The Morgan fingerprint density at radius 2 is 2.10 bits per heavy atom. The van der Waals surface area contributed by atoms with Gasteiger partial charge in [-0.3, -0.25) is 0 Å². The first-order valence-corrected chi connectivity index (χ1v) is 6.72. The monoisotopic (exact) mass is 291 g/mol. The molecule has 2 aromatic rings. The van der Waals surface area contributed by atoms with E-state index in [1.165, 1.54) is 19.5 Å². The topological polar surface area (TPSA) is 56.3 Å². The SMILES string of the molecule is CCCNc1ncnc(Oc2ccc(C)c(F)c2)c1OC. The highest BCUT2D eigenvalue weighted by molar-refractivity contribution is 5.55. The number of ether oxygens (including phenoxy) is 2. The molecule has 21 heavy (non-hydrogen) atoms. The summed E-state index contributed by atoms with van der Waals surface area (Å²) in [5.41, 5.74) is 0.558. The average molecular weight is 291 g/mol. The van der Waals surface area contributed by atoms with E-state index in [0.717, 1.165) is 13.0 Å². The molecule has 0 radical (unpaired) electrons. The highest BCUT2D eigenvalue weighted by atomic mass is 19.1. The van der Waals surface area contributed by atoms with Crippen LogP contribution in [0.4, 0.5) is 10.2 Å². The smallest absolute Gasteiger partial charge is 0.268 e. The van der Waals surface area contributed by atoms with Gasteiger partial charge in [0.2, 0.25) is 5.75 Å². The predicted molar refractivity (Wildman–Crippen MR) is 78.6 cm³/mol. The zero-order valence-corrected chi connectivity index (χ0v) is 12.3. The second kappa shape index (κ2) is 6.88. The average Bonchev–Trinajstić information content (AvgIpc) is 2.49. The predicted octanol–water partition coefficient (Wildman–Crippen LogP) is 3.55. The van der Waals surface area contributed by atoms with E-state index < -0.39 is 0 Å². The second-order valence-electron chi connectivity index (χ2n) is 4.50. The first kappa shape index (κ1) is 15.0. The van der Waals surface area contributed by atoms with E-state index in [9.17, 15) is 4.39 Å². The van der Waals surface area contributed by atoms with Crippen LogP contribution in [0.2, 0.25) is 0 Å². The van der Waals surface area contributed by atoms with E-state index in [4.69, 9.17) is 9.47 Å². The van der Waals surface area contributed by atoms with Crippen molar-refractivity contribution >= 4 is 5.82 Å². The molecule has 0 fully saturated rings. The fourth-order valence-electron chi connectivity index (χ4n) is 1.73. The maximum Gasteiger partial charge on any atom is 0.268 e. The summed E-state index contributed by atoms with van der Waals surface area (Å²) < 4.78 is 24.4. The maximum atomic E-state index is 13.6. The number of aromatic nitrogens is 2. The number of hydrogen-bond donors (Lipinski definition) is 1. The summed E-state index contributed by atoms with van der Waals surface area (Å²) in [6, 6.07) is 4.64. The minimum atomic E-state index is -0.329. The van der Waals surface area contributed by atoms with Gasteiger partial charge in [0.25, 0.3) is 5.88 Å². The zero-order valence-electron chi connectivity index (χ0n) is 12.3. The number of halogens is 1. The van der Waals surface area contributed by atoms with E-state index in [0.29, 0.717) is 22.9 Å². The molecule has 2 rings (SSSR count). The van der Waals surface area contributed by atoms with Crippen LogP contribution in [0.3, 0.4) is 0 Å². The maximum absolute atomic E-state index is 13.6. The number of benzene rings is 1. The molecule has 0 aliphatic rings. The Labute approximate surface area is 123 Å². The molecule has 5 nitrogen and oxygen atoms in total. The van der Waals surface area contributed by atoms with Crippen LogP contribution in [0.25, 0.3) is 0 Å². The van der Waals surface area contributed by atoms with E-state index >= 15 is 0 Å². The van der Waals surface area contributed by atoms with Crippen molar-refractivity contribution in [2.24, 2.45) is 0 Å². The van der Waals surface area contributed by atoms with Crippen LogP contribution in [0.15, 0.2) is 24.5 Å². The largest absolute Gasteiger partial charge is 0.489 e. The van der Waals surface area contributed by atoms with Gasteiger partial charge in [0.1, 0.15) is 17.9 Å². The van der Waals surface area contributed by atoms with E-state index in [-0.39, 0.29) is 11.7 Å². The molecular weight excluding hydrogens is 273 g/mol. The summed E-state index contributed by atoms with van der Waals surface area (Å²) in [7, 11) is 1.51. The Balaban J connectivity index is 2.28. The number of rotatable bonds is 6. The molecule has 0 amide bonds. The Morgan fingerprint density at radius 1 is 1.29 bits per heavy atom. The van der Waals surface area contributed by atoms with E-state index in [2.05, 4.69) is 15.3 Å². The standard InChI is InChI=1S/C15H18FN3O2/c1-4-7-17-14-13(20-3)15(19-9-18-14)21-11-6-5-10(2)12(16)8-11/h5-6,8-9H,4,7H2,1-3H3,(H,17,18,19). The number of nitrogens with one attached hydrogen (secondary N) is 1. The summed E-state index contributed by atoms with van der Waals surface area (Å²) in [6.45, 7) is 4.50. The quantitative estimate of drug-likeness (QED) is 0.882. The Hall–Kier alpha value is -2.37. The van der Waals surface area contributed by atoms with Crippen molar-refractivity contribution in [1.29, 1.82) is 0 Å². The Morgan fingerprint density at radius 3 is 2.76 bits per heavy atom. The number of aryl methyl sites for hydroxylation is 1. The molecule has 0 unspecified atom stereocenters. The fraction of sp³-hybridized carbons (Fsp3) is 0.333. The van der Waals surface area contributed by atoms with E-state index in [1.54, 1.807) is 19.1 Å². The number of nitrogens with zero attached hydrogens (tertiary/aromatic N) is 2. The van der Waals surface area contributed by atoms with Crippen LogP contribution in [0, 0.1) is 12.7 Å². The van der Waals surface area contributed by atoms with Crippen molar-refractivity contribution in [3.05, 3.63) is 35.9 Å². The molecule has 1 N–H and O–H groups in total. The minimum absolute atomic E-state index is 0.245. The summed E-state index contributed by atoms with van der Waals surface area (Å²) in [5, 5.41) is 3.13. The van der Waals surface area contributed by atoms with Gasteiger partial charge in [0, 0.05) is 12.6 Å². The van der Waals surface area contributed by atoms with Crippen LogP contribution in [0.5, 0.6) is 17.4 Å². The lowest BCUT2D eigenvalue weighted by atomic mass is 10.2. The zero-order chi connectivity index (χ0) is 15.2. The Kier molecular flexibility index (Phi) is 4.92. The van der Waals surface area contributed by atoms with Crippen LogP contribution >= 0.6 is 0 Å². The van der Waals surface area contributed by atoms with Crippen molar-refractivity contribution in [3.8, 4) is 17.4 Å². The fourth-order valence-corrected chi connectivity index (χ4v) is 1.73. The third kappa shape index (κ3) is 3.59. The van der Waals surface area contributed by atoms with Crippen molar-refractivity contribution in [2.75, 3.05) is 19.0 Å². The third-order valence-electron chi connectivity index (χ3n) is 2.88. The molecular formula is C15H18FN3O2. The lowest BCUT2D eigenvalue weighted by Crippen LogP contribution is -2.06. The normalized spacial score (nSPS) is 10.3. The summed E-state index contributed by atoms with van der Waals surface area (Å²) in [5.74, 6) is 1.22. The molecule has 1 aromatic heterocycles. The van der Waals surface area contributed by atoms with Gasteiger partial charge < -0.3 is 14.8 Å². The summed E-state index contributed by atoms with van der Waals surface area (Å²) >= 11 is 0. The van der Waals surface area contributed by atoms with Gasteiger partial charge in [0.05, 0.1) is 7.11 Å². The molecule has 0 spiro atoms. The van der Waals surface area contributed by atoms with Gasteiger partial charge in [-0.25, -0.2) is 9.37 Å². The number of hydrogen-bond acceptors (Lipinski definition) is 5. The molecule has 112 valence electrons. The summed E-state index contributed by atoms with van der Waals surface area (Å²) in [6.07, 6.45) is 2.33. The molecule has 1 aromatic carbocycles. The first-order chi connectivity index (χ1) is 10.2. The highest BCUT2D eigenvalue weighted by Gasteiger charge is 2.14. The lowest BCUT2D eigenvalue weighted by Gasteiger charge is -2.13. The van der Waals surface area contributed by atoms with Gasteiger partial charge in [-0.05, 0) is 25.0 Å². The van der Waals surface area contributed by atoms with Gasteiger partial charge in [-0.2, -0.15) is 4.98 Å². The van der Waals surface area contributed by atoms with Crippen LogP contribution in [0.1, 0.15) is 18.9 Å². The third-order valence-corrected chi connectivity index (χ3v) is 2.88.